The standard InChI is InChI=1S/C21H19F2N3O2S/c22-15-8-7-14(11-16(15)23)28-19(12-4-2-1-3-5-12)20(27)25-13-6-9-17-18(10-13)29-21(24)26-17/h1-5,7-8,11,13,19H,6,9-10H2,(H2,24,26)(H,25,27)/t13-,19?/m0/s1. The number of thiazole rings is 1. The molecule has 0 fully saturated rings. The molecule has 0 saturated heterocycles. The first-order valence-electron chi connectivity index (χ1n) is 9.20. The number of amides is 1. The van der Waals surface area contributed by atoms with Crippen LogP contribution in [0.25, 0.3) is 0 Å². The molecule has 5 nitrogen and oxygen atoms in total. The minimum Gasteiger partial charge on any atom is -0.476 e. The molecule has 29 heavy (non-hydrogen) atoms. The second-order valence-electron chi connectivity index (χ2n) is 6.85. The number of nitrogens with zero attached hydrogens (tertiary/aromatic N) is 1. The van der Waals surface area contributed by atoms with Crippen LogP contribution >= 0.6 is 11.3 Å². The topological polar surface area (TPSA) is 77.2 Å². The van der Waals surface area contributed by atoms with Crippen molar-refractivity contribution >= 4 is 22.4 Å². The molecule has 1 aromatic heterocycles. The zero-order valence-corrected chi connectivity index (χ0v) is 16.2. The fourth-order valence-corrected chi connectivity index (χ4v) is 4.34. The minimum absolute atomic E-state index is 0.0744. The summed E-state index contributed by atoms with van der Waals surface area (Å²) >= 11 is 1.44. The zero-order valence-electron chi connectivity index (χ0n) is 15.4. The molecule has 3 aromatic rings. The number of nitrogens with two attached hydrogens (primary N) is 1. The van der Waals surface area contributed by atoms with Crippen molar-refractivity contribution in [1.29, 1.82) is 0 Å². The van der Waals surface area contributed by atoms with E-state index in [4.69, 9.17) is 10.5 Å². The summed E-state index contributed by atoms with van der Waals surface area (Å²) in [6, 6.07) is 12.1. The van der Waals surface area contributed by atoms with E-state index >= 15 is 0 Å². The highest BCUT2D eigenvalue weighted by Gasteiger charge is 2.28. The number of benzene rings is 2. The van der Waals surface area contributed by atoms with Crippen molar-refractivity contribution < 1.29 is 18.3 Å². The van der Waals surface area contributed by atoms with E-state index in [1.165, 1.54) is 17.4 Å². The van der Waals surface area contributed by atoms with Crippen molar-refractivity contribution in [3.63, 3.8) is 0 Å². The molecule has 0 bridgehead atoms. The largest absolute Gasteiger partial charge is 0.476 e. The molecule has 0 spiro atoms. The van der Waals surface area contributed by atoms with Gasteiger partial charge in [-0.15, -0.1) is 11.3 Å². The first kappa shape index (κ1) is 19.3. The summed E-state index contributed by atoms with van der Waals surface area (Å²) in [6.45, 7) is 0. The molecule has 8 heteroatoms. The third kappa shape index (κ3) is 4.37. The number of fused-ring (bicyclic) bond motifs is 1. The molecule has 1 aliphatic carbocycles. The van der Waals surface area contributed by atoms with Crippen LogP contribution in [0, 0.1) is 11.6 Å². The second kappa shape index (κ2) is 8.16. The van der Waals surface area contributed by atoms with Gasteiger partial charge in [-0.1, -0.05) is 30.3 Å². The van der Waals surface area contributed by atoms with Crippen LogP contribution in [0.1, 0.15) is 28.7 Å². The fourth-order valence-electron chi connectivity index (χ4n) is 3.38. The Hall–Kier alpha value is -3.00. The maximum absolute atomic E-state index is 13.6. The number of rotatable bonds is 5. The first-order chi connectivity index (χ1) is 14.0. The molecule has 0 saturated carbocycles. The van der Waals surface area contributed by atoms with E-state index in [9.17, 15) is 13.6 Å². The number of carbonyl (C=O) groups excluding carboxylic acids is 1. The van der Waals surface area contributed by atoms with Crippen molar-refractivity contribution in [3.8, 4) is 5.75 Å². The van der Waals surface area contributed by atoms with Gasteiger partial charge in [0.2, 0.25) is 6.10 Å². The van der Waals surface area contributed by atoms with E-state index in [2.05, 4.69) is 10.3 Å². The van der Waals surface area contributed by atoms with Crippen LogP contribution in [0.4, 0.5) is 13.9 Å². The second-order valence-corrected chi connectivity index (χ2v) is 7.97. The molecular weight excluding hydrogens is 396 g/mol. The van der Waals surface area contributed by atoms with Crippen LogP contribution in [-0.2, 0) is 17.6 Å². The SMILES string of the molecule is Nc1nc2c(s1)C[C@@H](NC(=O)C(Oc1ccc(F)c(F)c1)c1ccccc1)CC2. The smallest absolute Gasteiger partial charge is 0.266 e. The highest BCUT2D eigenvalue weighted by atomic mass is 32.1. The van der Waals surface area contributed by atoms with E-state index in [0.29, 0.717) is 17.1 Å². The molecule has 2 aromatic carbocycles. The number of nitrogens with one attached hydrogen (secondary N) is 1. The van der Waals surface area contributed by atoms with Gasteiger partial charge < -0.3 is 15.8 Å². The summed E-state index contributed by atoms with van der Waals surface area (Å²) < 4.78 is 32.6. The molecule has 4 rings (SSSR count). The molecule has 150 valence electrons. The maximum Gasteiger partial charge on any atom is 0.266 e. The van der Waals surface area contributed by atoms with E-state index < -0.39 is 17.7 Å². The van der Waals surface area contributed by atoms with Gasteiger partial charge in [0.05, 0.1) is 5.69 Å². The van der Waals surface area contributed by atoms with Crippen molar-refractivity contribution in [1.82, 2.24) is 10.3 Å². The summed E-state index contributed by atoms with van der Waals surface area (Å²) in [4.78, 5) is 18.4. The molecule has 0 radical (unpaired) electrons. The average molecular weight is 415 g/mol. The van der Waals surface area contributed by atoms with Gasteiger partial charge >= 0.3 is 0 Å². The Balaban J connectivity index is 1.53. The Labute approximate surface area is 170 Å². The van der Waals surface area contributed by atoms with Crippen molar-refractivity contribution in [3.05, 3.63) is 76.3 Å². The lowest BCUT2D eigenvalue weighted by molar-refractivity contribution is -0.129. The van der Waals surface area contributed by atoms with Gasteiger partial charge in [0, 0.05) is 29.0 Å². The van der Waals surface area contributed by atoms with Gasteiger partial charge in [-0.3, -0.25) is 4.79 Å². The normalized spacial score (nSPS) is 16.7. The monoisotopic (exact) mass is 415 g/mol. The minimum atomic E-state index is -1.03. The van der Waals surface area contributed by atoms with Crippen LogP contribution < -0.4 is 15.8 Å². The predicted molar refractivity (Wildman–Crippen MR) is 107 cm³/mol. The van der Waals surface area contributed by atoms with Crippen LogP contribution in [0.15, 0.2) is 48.5 Å². The van der Waals surface area contributed by atoms with Gasteiger partial charge in [-0.25, -0.2) is 13.8 Å². The first-order valence-corrected chi connectivity index (χ1v) is 10.0. The predicted octanol–water partition coefficient (Wildman–Crippen LogP) is 3.80. The van der Waals surface area contributed by atoms with Crippen LogP contribution in [0.2, 0.25) is 0 Å². The number of aryl methyl sites for hydroxylation is 1. The van der Waals surface area contributed by atoms with E-state index in [1.54, 1.807) is 24.3 Å². The molecule has 0 aliphatic heterocycles. The Morgan fingerprint density at radius 1 is 1.21 bits per heavy atom. The molecular formula is C21H19F2N3O2S. The number of hydrogen-bond donors (Lipinski definition) is 2. The average Bonchev–Trinajstić information content (AvgIpc) is 3.08. The highest BCUT2D eigenvalue weighted by Crippen LogP contribution is 2.29. The molecule has 3 N–H and O–H groups in total. The summed E-state index contributed by atoms with van der Waals surface area (Å²) in [5.41, 5.74) is 7.40. The molecule has 1 unspecified atom stereocenters. The number of anilines is 1. The number of ether oxygens (including phenoxy) is 1. The number of hydrogen-bond acceptors (Lipinski definition) is 5. The van der Waals surface area contributed by atoms with E-state index in [-0.39, 0.29) is 17.7 Å². The number of aromatic nitrogens is 1. The summed E-state index contributed by atoms with van der Waals surface area (Å²) in [6.07, 6.45) is 1.15. The van der Waals surface area contributed by atoms with Gasteiger partial charge in [0.15, 0.2) is 16.8 Å². The van der Waals surface area contributed by atoms with Crippen LogP contribution in [-0.4, -0.2) is 16.9 Å². The van der Waals surface area contributed by atoms with Gasteiger partial charge in [0.25, 0.3) is 5.91 Å². The zero-order chi connectivity index (χ0) is 20.4. The van der Waals surface area contributed by atoms with Gasteiger partial charge in [0.1, 0.15) is 5.75 Å². The van der Waals surface area contributed by atoms with Crippen molar-refractivity contribution in [2.75, 3.05) is 5.73 Å². The van der Waals surface area contributed by atoms with Crippen molar-refractivity contribution in [2.45, 2.75) is 31.4 Å². The summed E-state index contributed by atoms with van der Waals surface area (Å²) in [7, 11) is 0. The maximum atomic E-state index is 13.6. The summed E-state index contributed by atoms with van der Waals surface area (Å²) in [5, 5.41) is 3.55. The Kier molecular flexibility index (Phi) is 5.44. The quantitative estimate of drug-likeness (QED) is 0.665. The molecule has 1 heterocycles. The summed E-state index contributed by atoms with van der Waals surface area (Å²) in [5.74, 6) is -2.27. The highest BCUT2D eigenvalue weighted by molar-refractivity contribution is 7.15. The third-order valence-corrected chi connectivity index (χ3v) is 5.74. The lowest BCUT2D eigenvalue weighted by atomic mass is 9.97. The molecule has 2 atom stereocenters. The Bertz CT molecular complexity index is 1030. The van der Waals surface area contributed by atoms with Crippen LogP contribution in [0.3, 0.4) is 0 Å². The van der Waals surface area contributed by atoms with Crippen molar-refractivity contribution in [2.24, 2.45) is 0 Å². The fraction of sp³-hybridized carbons (Fsp3) is 0.238. The van der Waals surface area contributed by atoms with E-state index in [0.717, 1.165) is 35.5 Å². The Morgan fingerprint density at radius 3 is 2.76 bits per heavy atom. The lowest BCUT2D eigenvalue weighted by Gasteiger charge is -2.26. The van der Waals surface area contributed by atoms with Crippen LogP contribution in [0.5, 0.6) is 5.75 Å². The molecule has 1 aliphatic rings. The number of carbonyl (C=O) groups is 1. The number of halogens is 2. The van der Waals surface area contributed by atoms with Gasteiger partial charge in [-0.2, -0.15) is 0 Å². The third-order valence-electron chi connectivity index (χ3n) is 4.79. The van der Waals surface area contributed by atoms with E-state index in [1.807, 2.05) is 6.07 Å². The molecule has 1 amide bonds. The van der Waals surface area contributed by atoms with Gasteiger partial charge in [-0.05, 0) is 25.0 Å². The lowest BCUT2D eigenvalue weighted by Crippen LogP contribution is -2.42. The Morgan fingerprint density at radius 2 is 2.00 bits per heavy atom. The number of nitrogen functional groups attached to an aromatic ring is 1.